The summed E-state index contributed by atoms with van der Waals surface area (Å²) in [7, 11) is 0. The molecular formula is C11H8O2S. The molecule has 14 heavy (non-hydrogen) atoms. The maximum Gasteiger partial charge on any atom is 0.335 e. The fraction of sp³-hybridized carbons (Fsp3) is 0. The third-order valence-electron chi connectivity index (χ3n) is 1.92. The minimum Gasteiger partial charge on any atom is -0.478 e. The van der Waals surface area contributed by atoms with Crippen LogP contribution >= 0.6 is 11.8 Å². The van der Waals surface area contributed by atoms with E-state index in [2.05, 4.69) is 0 Å². The van der Waals surface area contributed by atoms with Crippen LogP contribution in [0.25, 0.3) is 6.08 Å². The van der Waals surface area contributed by atoms with Crippen LogP contribution in [-0.2, 0) is 0 Å². The van der Waals surface area contributed by atoms with Crippen LogP contribution in [0.1, 0.15) is 15.9 Å². The number of carbonyl (C=O) groups is 1. The first-order valence-electron chi connectivity index (χ1n) is 4.14. The van der Waals surface area contributed by atoms with Crippen LogP contribution < -0.4 is 0 Å². The van der Waals surface area contributed by atoms with Gasteiger partial charge in [0.2, 0.25) is 0 Å². The molecule has 0 aromatic heterocycles. The first-order chi connectivity index (χ1) is 6.77. The Morgan fingerprint density at radius 1 is 1.29 bits per heavy atom. The molecular weight excluding hydrogens is 196 g/mol. The average Bonchev–Trinajstić information content (AvgIpc) is 2.41. The highest BCUT2D eigenvalue weighted by molar-refractivity contribution is 8.02. The monoisotopic (exact) mass is 204 g/mol. The van der Waals surface area contributed by atoms with E-state index in [1.807, 2.05) is 29.7 Å². The highest BCUT2D eigenvalue weighted by Crippen LogP contribution is 2.28. The molecule has 0 unspecified atom stereocenters. The second kappa shape index (κ2) is 3.72. The molecule has 0 amide bonds. The zero-order valence-corrected chi connectivity index (χ0v) is 8.12. The van der Waals surface area contributed by atoms with E-state index in [-0.39, 0.29) is 0 Å². The normalized spacial score (nSPS) is 13.4. The Labute approximate surface area is 85.9 Å². The molecule has 0 fully saturated rings. The highest BCUT2D eigenvalue weighted by atomic mass is 32.2. The highest BCUT2D eigenvalue weighted by Gasteiger charge is 2.07. The van der Waals surface area contributed by atoms with Crippen molar-refractivity contribution in [2.75, 3.05) is 0 Å². The van der Waals surface area contributed by atoms with Crippen molar-refractivity contribution in [1.29, 1.82) is 0 Å². The van der Waals surface area contributed by atoms with Gasteiger partial charge in [0.05, 0.1) is 5.56 Å². The molecule has 0 saturated carbocycles. The van der Waals surface area contributed by atoms with Crippen LogP contribution in [-0.4, -0.2) is 11.1 Å². The fourth-order valence-corrected chi connectivity index (χ4v) is 2.01. The number of allylic oxidation sites excluding steroid dienone is 2. The number of rotatable bonds is 1. The molecule has 1 aliphatic heterocycles. The molecule has 0 spiro atoms. The van der Waals surface area contributed by atoms with Gasteiger partial charge in [-0.25, -0.2) is 4.79 Å². The summed E-state index contributed by atoms with van der Waals surface area (Å²) in [5.41, 5.74) is 1.39. The van der Waals surface area contributed by atoms with Crippen molar-refractivity contribution in [3.8, 4) is 0 Å². The fourth-order valence-electron chi connectivity index (χ4n) is 1.22. The van der Waals surface area contributed by atoms with E-state index in [1.165, 1.54) is 11.8 Å². The summed E-state index contributed by atoms with van der Waals surface area (Å²) in [6, 6.07) is 5.15. The number of thioether (sulfide) groups is 1. The lowest BCUT2D eigenvalue weighted by Gasteiger charge is -2.02. The van der Waals surface area contributed by atoms with Crippen molar-refractivity contribution in [2.24, 2.45) is 0 Å². The zero-order valence-electron chi connectivity index (χ0n) is 7.31. The summed E-state index contributed by atoms with van der Waals surface area (Å²) >= 11 is 1.53. The Kier molecular flexibility index (Phi) is 2.41. The molecule has 0 aliphatic carbocycles. The van der Waals surface area contributed by atoms with Gasteiger partial charge < -0.3 is 5.11 Å². The second-order valence-corrected chi connectivity index (χ2v) is 3.81. The average molecular weight is 204 g/mol. The quantitative estimate of drug-likeness (QED) is 0.764. The van der Waals surface area contributed by atoms with Gasteiger partial charge in [0, 0.05) is 4.90 Å². The molecule has 0 saturated heterocycles. The topological polar surface area (TPSA) is 37.3 Å². The lowest BCUT2D eigenvalue weighted by atomic mass is 10.1. The van der Waals surface area contributed by atoms with Crippen molar-refractivity contribution >= 4 is 23.8 Å². The van der Waals surface area contributed by atoms with Gasteiger partial charge in [-0.2, -0.15) is 0 Å². The number of benzene rings is 1. The molecule has 2 nitrogen and oxygen atoms in total. The molecule has 1 heterocycles. The van der Waals surface area contributed by atoms with E-state index in [0.717, 1.165) is 10.5 Å². The van der Waals surface area contributed by atoms with Crippen molar-refractivity contribution in [1.82, 2.24) is 0 Å². The smallest absolute Gasteiger partial charge is 0.335 e. The first-order valence-corrected chi connectivity index (χ1v) is 5.02. The lowest BCUT2D eigenvalue weighted by molar-refractivity contribution is 0.0696. The van der Waals surface area contributed by atoms with Crippen molar-refractivity contribution in [3.63, 3.8) is 0 Å². The van der Waals surface area contributed by atoms with E-state index in [1.54, 1.807) is 12.1 Å². The van der Waals surface area contributed by atoms with Gasteiger partial charge in [-0.15, -0.1) is 0 Å². The third-order valence-corrected chi connectivity index (χ3v) is 2.82. The van der Waals surface area contributed by atoms with Crippen LogP contribution in [0.4, 0.5) is 0 Å². The largest absolute Gasteiger partial charge is 0.478 e. The molecule has 0 radical (unpaired) electrons. The lowest BCUT2D eigenvalue weighted by Crippen LogP contribution is -1.96. The molecule has 0 atom stereocenters. The Morgan fingerprint density at radius 2 is 2.14 bits per heavy atom. The van der Waals surface area contributed by atoms with Crippen LogP contribution in [0.5, 0.6) is 0 Å². The molecule has 1 aromatic rings. The molecule has 0 bridgehead atoms. The predicted molar refractivity (Wildman–Crippen MR) is 57.4 cm³/mol. The number of hydrogen-bond acceptors (Lipinski definition) is 2. The molecule has 1 aromatic carbocycles. The number of aromatic carboxylic acids is 1. The van der Waals surface area contributed by atoms with Gasteiger partial charge in [-0.3, -0.25) is 0 Å². The third kappa shape index (κ3) is 1.72. The van der Waals surface area contributed by atoms with E-state index < -0.39 is 5.97 Å². The maximum absolute atomic E-state index is 10.7. The summed E-state index contributed by atoms with van der Waals surface area (Å²) in [4.78, 5) is 11.7. The second-order valence-electron chi connectivity index (χ2n) is 2.86. The number of carboxylic acid groups (broad SMARTS) is 1. The molecule has 2 rings (SSSR count). The first kappa shape index (κ1) is 9.09. The van der Waals surface area contributed by atoms with Gasteiger partial charge >= 0.3 is 5.97 Å². The predicted octanol–water partition coefficient (Wildman–Crippen LogP) is 3.02. The zero-order chi connectivity index (χ0) is 9.97. The van der Waals surface area contributed by atoms with Gasteiger partial charge in [0.25, 0.3) is 0 Å². The minimum absolute atomic E-state index is 0.333. The molecule has 1 aliphatic rings. The van der Waals surface area contributed by atoms with Crippen LogP contribution in [0.15, 0.2) is 40.7 Å². The Bertz CT molecular complexity index is 433. The van der Waals surface area contributed by atoms with Gasteiger partial charge in [0.1, 0.15) is 0 Å². The molecule has 70 valence electrons. The van der Waals surface area contributed by atoms with Crippen LogP contribution in [0.3, 0.4) is 0 Å². The number of hydrogen-bond donors (Lipinski definition) is 1. The number of fused-ring (bicyclic) bond motifs is 1. The van der Waals surface area contributed by atoms with Gasteiger partial charge in [0.15, 0.2) is 0 Å². The summed E-state index contributed by atoms with van der Waals surface area (Å²) in [6.07, 6.45) is 5.85. The maximum atomic E-state index is 10.7. The van der Waals surface area contributed by atoms with E-state index in [4.69, 9.17) is 5.11 Å². The summed E-state index contributed by atoms with van der Waals surface area (Å²) in [5.74, 6) is -0.884. The van der Waals surface area contributed by atoms with E-state index in [9.17, 15) is 4.79 Å². The molecule has 1 N–H and O–H groups in total. The summed E-state index contributed by atoms with van der Waals surface area (Å²) in [6.45, 7) is 0. The summed E-state index contributed by atoms with van der Waals surface area (Å²) in [5, 5.41) is 10.7. The summed E-state index contributed by atoms with van der Waals surface area (Å²) < 4.78 is 0. The Balaban J connectivity index is 2.49. The van der Waals surface area contributed by atoms with Crippen molar-refractivity contribution in [3.05, 3.63) is 46.9 Å². The van der Waals surface area contributed by atoms with Crippen LogP contribution in [0.2, 0.25) is 0 Å². The number of carboxylic acids is 1. The van der Waals surface area contributed by atoms with E-state index >= 15 is 0 Å². The van der Waals surface area contributed by atoms with Crippen molar-refractivity contribution in [2.45, 2.75) is 4.90 Å². The standard InChI is InChI=1S/C11H8O2S/c12-11(13)9-5-4-8-3-1-2-6-14-10(8)7-9/h1-7H,(H,12,13). The Hall–Kier alpha value is -1.48. The SMILES string of the molecule is O=C(O)c1ccc2c(c1)SC=CC=C2. The van der Waals surface area contributed by atoms with Crippen LogP contribution in [0, 0.1) is 0 Å². The van der Waals surface area contributed by atoms with Crippen molar-refractivity contribution < 1.29 is 9.90 Å². The van der Waals surface area contributed by atoms with Gasteiger partial charge in [-0.05, 0) is 23.1 Å². The van der Waals surface area contributed by atoms with Gasteiger partial charge in [-0.1, -0.05) is 36.1 Å². The Morgan fingerprint density at radius 3 is 2.93 bits per heavy atom. The van der Waals surface area contributed by atoms with E-state index in [0.29, 0.717) is 5.56 Å². The molecule has 3 heteroatoms. The minimum atomic E-state index is -0.884.